The molecule has 2 heterocycles. The fourth-order valence-electron chi connectivity index (χ4n) is 2.79. The quantitative estimate of drug-likeness (QED) is 0.737. The lowest BCUT2D eigenvalue weighted by Gasteiger charge is -2.31. The second-order valence-corrected chi connectivity index (χ2v) is 7.66. The predicted molar refractivity (Wildman–Crippen MR) is 73.1 cm³/mol. The van der Waals surface area contributed by atoms with Crippen LogP contribution in [-0.4, -0.2) is 57.0 Å². The van der Waals surface area contributed by atoms with Crippen molar-refractivity contribution in [2.45, 2.75) is 25.3 Å². The first-order chi connectivity index (χ1) is 8.59. The third-order valence-electron chi connectivity index (χ3n) is 3.92. The topological polar surface area (TPSA) is 49.4 Å². The predicted octanol–water partition coefficient (Wildman–Crippen LogP) is 0.108. The van der Waals surface area contributed by atoms with Crippen LogP contribution in [0.2, 0.25) is 0 Å². The van der Waals surface area contributed by atoms with Crippen LogP contribution >= 0.6 is 0 Å². The normalized spacial score (nSPS) is 29.2. The van der Waals surface area contributed by atoms with E-state index in [1.165, 1.54) is 0 Å². The van der Waals surface area contributed by atoms with Crippen molar-refractivity contribution in [1.29, 1.82) is 0 Å². The first-order valence-electron chi connectivity index (χ1n) is 6.69. The van der Waals surface area contributed by atoms with Crippen molar-refractivity contribution < 1.29 is 8.42 Å². The van der Waals surface area contributed by atoms with E-state index >= 15 is 0 Å². The second-order valence-electron chi connectivity index (χ2n) is 5.43. The van der Waals surface area contributed by atoms with E-state index in [9.17, 15) is 8.42 Å². The lowest BCUT2D eigenvalue weighted by atomic mass is 10.0. The summed E-state index contributed by atoms with van der Waals surface area (Å²) in [7, 11) is -2.73. The molecule has 102 valence electrons. The van der Waals surface area contributed by atoms with Crippen molar-refractivity contribution in [2.24, 2.45) is 5.92 Å². The minimum Gasteiger partial charge on any atom is -0.314 e. The highest BCUT2D eigenvalue weighted by Crippen LogP contribution is 2.18. The molecule has 0 aromatic rings. The molecule has 2 aliphatic rings. The summed E-state index contributed by atoms with van der Waals surface area (Å²) in [5, 5.41) is 3.52. The van der Waals surface area contributed by atoms with E-state index in [2.05, 4.69) is 16.1 Å². The monoisotopic (exact) mass is 270 g/mol. The van der Waals surface area contributed by atoms with E-state index in [1.807, 2.05) is 0 Å². The SMILES string of the molecule is C#CCN1CCC(NCC2CCS(=O)(=O)C2)CC1. The Morgan fingerprint density at radius 1 is 1.28 bits per heavy atom. The van der Waals surface area contributed by atoms with Gasteiger partial charge in [-0.15, -0.1) is 6.42 Å². The molecule has 1 N–H and O–H groups in total. The summed E-state index contributed by atoms with van der Waals surface area (Å²) in [6, 6.07) is 0.530. The van der Waals surface area contributed by atoms with Crippen molar-refractivity contribution in [2.75, 3.05) is 37.7 Å². The van der Waals surface area contributed by atoms with Crippen LogP contribution in [0, 0.1) is 18.3 Å². The van der Waals surface area contributed by atoms with Crippen LogP contribution in [0.1, 0.15) is 19.3 Å². The Labute approximate surface area is 110 Å². The average Bonchev–Trinajstić information content (AvgIpc) is 2.69. The highest BCUT2D eigenvalue weighted by molar-refractivity contribution is 7.91. The number of terminal acetylenes is 1. The van der Waals surface area contributed by atoms with Gasteiger partial charge in [0.25, 0.3) is 0 Å². The van der Waals surface area contributed by atoms with E-state index in [1.54, 1.807) is 0 Å². The van der Waals surface area contributed by atoms with Crippen molar-refractivity contribution in [3.05, 3.63) is 0 Å². The van der Waals surface area contributed by atoms with Crippen LogP contribution in [0.4, 0.5) is 0 Å². The molecule has 2 fully saturated rings. The van der Waals surface area contributed by atoms with E-state index in [-0.39, 0.29) is 0 Å². The van der Waals surface area contributed by atoms with Gasteiger partial charge in [-0.05, 0) is 31.7 Å². The molecule has 2 saturated heterocycles. The Bertz CT molecular complexity index is 405. The van der Waals surface area contributed by atoms with Gasteiger partial charge in [-0.25, -0.2) is 8.42 Å². The third-order valence-corrected chi connectivity index (χ3v) is 5.76. The minimum absolute atomic E-state index is 0.318. The van der Waals surface area contributed by atoms with Gasteiger partial charge in [-0.3, -0.25) is 4.90 Å². The van der Waals surface area contributed by atoms with Crippen LogP contribution in [0.15, 0.2) is 0 Å². The molecule has 4 nitrogen and oxygen atoms in total. The van der Waals surface area contributed by atoms with Gasteiger partial charge in [0.15, 0.2) is 9.84 Å². The van der Waals surface area contributed by atoms with Crippen molar-refractivity contribution in [1.82, 2.24) is 10.2 Å². The second kappa shape index (κ2) is 6.05. The molecule has 18 heavy (non-hydrogen) atoms. The van der Waals surface area contributed by atoms with E-state index < -0.39 is 9.84 Å². The zero-order valence-electron chi connectivity index (χ0n) is 10.8. The Morgan fingerprint density at radius 2 is 2.00 bits per heavy atom. The molecule has 0 spiro atoms. The molecule has 1 unspecified atom stereocenters. The maximum Gasteiger partial charge on any atom is 0.150 e. The van der Waals surface area contributed by atoms with Crippen molar-refractivity contribution in [3.63, 3.8) is 0 Å². The summed E-state index contributed by atoms with van der Waals surface area (Å²) < 4.78 is 22.7. The number of rotatable bonds is 4. The number of likely N-dealkylation sites (tertiary alicyclic amines) is 1. The highest BCUT2D eigenvalue weighted by Gasteiger charge is 2.28. The summed E-state index contributed by atoms with van der Waals surface area (Å²) >= 11 is 0. The lowest BCUT2D eigenvalue weighted by Crippen LogP contribution is -2.44. The standard InChI is InChI=1S/C13H22N2O2S/c1-2-6-15-7-3-13(4-8-15)14-10-12-5-9-18(16,17)11-12/h1,12-14H,3-11H2. The highest BCUT2D eigenvalue weighted by atomic mass is 32.2. The smallest absolute Gasteiger partial charge is 0.150 e. The number of nitrogens with one attached hydrogen (secondary N) is 1. The fourth-order valence-corrected chi connectivity index (χ4v) is 4.65. The van der Waals surface area contributed by atoms with Crippen LogP contribution in [0.3, 0.4) is 0 Å². The Kier molecular flexibility index (Phi) is 4.66. The third kappa shape index (κ3) is 3.98. The molecule has 0 aromatic carbocycles. The van der Waals surface area contributed by atoms with Crippen LogP contribution in [0.5, 0.6) is 0 Å². The molecule has 2 aliphatic heterocycles. The van der Waals surface area contributed by atoms with Crippen molar-refractivity contribution in [3.8, 4) is 12.3 Å². The maximum atomic E-state index is 11.4. The van der Waals surface area contributed by atoms with E-state index in [0.717, 1.165) is 45.4 Å². The van der Waals surface area contributed by atoms with Crippen molar-refractivity contribution >= 4 is 9.84 Å². The van der Waals surface area contributed by atoms with Crippen LogP contribution in [0.25, 0.3) is 0 Å². The van der Waals surface area contributed by atoms with Gasteiger partial charge in [0.1, 0.15) is 0 Å². The van der Waals surface area contributed by atoms with Crippen LogP contribution in [-0.2, 0) is 9.84 Å². The Balaban J connectivity index is 1.66. The summed E-state index contributed by atoms with van der Waals surface area (Å²) in [6.07, 6.45) is 8.35. The van der Waals surface area contributed by atoms with Gasteiger partial charge >= 0.3 is 0 Å². The average molecular weight is 270 g/mol. The molecule has 0 radical (unpaired) electrons. The molecule has 5 heteroatoms. The van der Waals surface area contributed by atoms with Gasteiger partial charge in [0, 0.05) is 19.1 Å². The zero-order valence-corrected chi connectivity index (χ0v) is 11.6. The number of sulfone groups is 1. The molecule has 0 aliphatic carbocycles. The molecule has 2 rings (SSSR count). The lowest BCUT2D eigenvalue weighted by molar-refractivity contribution is 0.215. The van der Waals surface area contributed by atoms with Gasteiger partial charge in [0.2, 0.25) is 0 Å². The molecule has 0 aromatic heterocycles. The van der Waals surface area contributed by atoms with Crippen LogP contribution < -0.4 is 5.32 Å². The summed E-state index contributed by atoms with van der Waals surface area (Å²) in [4.78, 5) is 2.29. The molecule has 0 bridgehead atoms. The number of piperidine rings is 1. The van der Waals surface area contributed by atoms with Gasteiger partial charge in [-0.1, -0.05) is 5.92 Å². The molecule has 0 saturated carbocycles. The first-order valence-corrected chi connectivity index (χ1v) is 8.51. The molecule has 0 amide bonds. The molecular formula is C13H22N2O2S. The van der Waals surface area contributed by atoms with Gasteiger partial charge in [-0.2, -0.15) is 0 Å². The Hall–Kier alpha value is -0.570. The fraction of sp³-hybridized carbons (Fsp3) is 0.846. The molecular weight excluding hydrogens is 248 g/mol. The van der Waals surface area contributed by atoms with E-state index in [4.69, 9.17) is 6.42 Å². The summed E-state index contributed by atoms with van der Waals surface area (Å²) in [5.74, 6) is 3.74. The number of nitrogens with zero attached hydrogens (tertiary/aromatic N) is 1. The minimum atomic E-state index is -2.73. The van der Waals surface area contributed by atoms with E-state index in [0.29, 0.717) is 23.5 Å². The molecule has 1 atom stereocenters. The largest absolute Gasteiger partial charge is 0.314 e. The van der Waals surface area contributed by atoms with Gasteiger partial charge < -0.3 is 5.32 Å². The number of hydrogen-bond acceptors (Lipinski definition) is 4. The maximum absolute atomic E-state index is 11.4. The first kappa shape index (κ1) is 13.9. The number of hydrogen-bond donors (Lipinski definition) is 1. The summed E-state index contributed by atoms with van der Waals surface area (Å²) in [5.41, 5.74) is 0. The summed E-state index contributed by atoms with van der Waals surface area (Å²) in [6.45, 7) is 3.68. The van der Waals surface area contributed by atoms with Gasteiger partial charge in [0.05, 0.1) is 18.1 Å². The Morgan fingerprint density at radius 3 is 2.56 bits per heavy atom. The zero-order chi connectivity index (χ0) is 13.0.